The van der Waals surface area contributed by atoms with Gasteiger partial charge in [-0.3, -0.25) is 15.1 Å². The summed E-state index contributed by atoms with van der Waals surface area (Å²) in [6.07, 6.45) is 0.684. The number of carbonyl (C=O) groups excluding carboxylic acids is 1. The van der Waals surface area contributed by atoms with Crippen LogP contribution in [0, 0.1) is 29.9 Å². The molecule has 0 unspecified atom stereocenters. The molecule has 3 rings (SSSR count). The number of aromatic nitrogens is 1. The number of ether oxygens (including phenoxy) is 1. The summed E-state index contributed by atoms with van der Waals surface area (Å²) in [5, 5.41) is 20.6. The Hall–Kier alpha value is -3.53. The molecule has 0 bridgehead atoms. The van der Waals surface area contributed by atoms with E-state index in [4.69, 9.17) is 15.6 Å². The summed E-state index contributed by atoms with van der Waals surface area (Å²) in [6, 6.07) is 11.2. The highest BCUT2D eigenvalue weighted by atomic mass is 35.5. The summed E-state index contributed by atoms with van der Waals surface area (Å²) in [5.41, 5.74) is 10.3. The van der Waals surface area contributed by atoms with E-state index in [0.717, 1.165) is 28.5 Å². The number of carbonyl (C=O) groups is 2. The third-order valence-electron chi connectivity index (χ3n) is 5.80. The minimum Gasteiger partial charge on any atom is -0.478 e. The van der Waals surface area contributed by atoms with E-state index in [2.05, 4.69) is 18.8 Å². The average Bonchev–Trinajstić information content (AvgIpc) is 2.82. The number of carboxylic acids is 1. The number of nitro benzene ring substituents is 1. The molecule has 0 radical (unpaired) electrons. The lowest BCUT2D eigenvalue weighted by molar-refractivity contribution is -0.385. The summed E-state index contributed by atoms with van der Waals surface area (Å²) in [7, 11) is 0. The van der Waals surface area contributed by atoms with E-state index in [0.29, 0.717) is 23.6 Å². The molecular formula is C27H31Cl2N3O6. The number of pyridine rings is 1. The van der Waals surface area contributed by atoms with Crippen molar-refractivity contribution in [3.05, 3.63) is 91.8 Å². The summed E-state index contributed by atoms with van der Waals surface area (Å²) in [6.45, 7) is 7.60. The maximum Gasteiger partial charge on any atom is 0.340 e. The smallest absolute Gasteiger partial charge is 0.340 e. The summed E-state index contributed by atoms with van der Waals surface area (Å²) < 4.78 is 5.52. The van der Waals surface area contributed by atoms with Gasteiger partial charge in [0.2, 0.25) is 0 Å². The number of benzene rings is 2. The third kappa shape index (κ3) is 7.28. The normalized spacial score (nSPS) is 10.4. The van der Waals surface area contributed by atoms with E-state index >= 15 is 0 Å². The third-order valence-corrected chi connectivity index (χ3v) is 5.80. The minimum atomic E-state index is -1.29. The van der Waals surface area contributed by atoms with Gasteiger partial charge in [-0.15, -0.1) is 24.8 Å². The lowest BCUT2D eigenvalue weighted by Gasteiger charge is -2.20. The number of aryl methyl sites for hydroxylation is 2. The van der Waals surface area contributed by atoms with Gasteiger partial charge in [0, 0.05) is 23.9 Å². The van der Waals surface area contributed by atoms with Crippen molar-refractivity contribution in [3.63, 3.8) is 0 Å². The highest BCUT2D eigenvalue weighted by Crippen LogP contribution is 2.33. The van der Waals surface area contributed by atoms with Gasteiger partial charge in [0.15, 0.2) is 0 Å². The molecule has 0 aliphatic carbocycles. The van der Waals surface area contributed by atoms with Gasteiger partial charge in [0.1, 0.15) is 6.61 Å². The number of nitro groups is 1. The summed E-state index contributed by atoms with van der Waals surface area (Å²) >= 11 is 0. The number of nitrogens with two attached hydrogens (primary N) is 1. The lowest BCUT2D eigenvalue weighted by atomic mass is 9.90. The molecule has 3 aromatic rings. The summed E-state index contributed by atoms with van der Waals surface area (Å²) in [4.78, 5) is 40.1. The quantitative estimate of drug-likeness (QED) is 0.188. The molecule has 0 aliphatic rings. The average molecular weight is 564 g/mol. The predicted octanol–water partition coefficient (Wildman–Crippen LogP) is 5.83. The molecule has 3 N–H and O–H groups in total. The van der Waals surface area contributed by atoms with Crippen LogP contribution in [0.1, 0.15) is 62.6 Å². The van der Waals surface area contributed by atoms with Crippen LogP contribution in [0.3, 0.4) is 0 Å². The van der Waals surface area contributed by atoms with Gasteiger partial charge in [0.25, 0.3) is 5.69 Å². The first-order valence-electron chi connectivity index (χ1n) is 11.5. The zero-order chi connectivity index (χ0) is 26.6. The Morgan fingerprint density at radius 3 is 2.26 bits per heavy atom. The Bertz CT molecular complexity index is 1330. The number of hydrogen-bond donors (Lipinski definition) is 2. The lowest BCUT2D eigenvalue weighted by Crippen LogP contribution is -2.17. The van der Waals surface area contributed by atoms with Crippen molar-refractivity contribution in [3.8, 4) is 11.1 Å². The van der Waals surface area contributed by atoms with E-state index in [1.165, 1.54) is 12.1 Å². The van der Waals surface area contributed by atoms with Crippen LogP contribution in [0.2, 0.25) is 0 Å². The van der Waals surface area contributed by atoms with Crippen molar-refractivity contribution in [1.82, 2.24) is 4.98 Å². The standard InChI is InChI=1S/C27H29N3O6.2ClH/c1-15(2)11-22-21(13-28)25(18-7-5-16(3)6-8-18)24(17(4)29-22)27(33)36-14-20-10-9-19(26(31)32)12-23(20)30(34)35;;/h5-10,12,15H,11,13-14,28H2,1-4H3,(H,31,32);2*1H. The molecule has 204 valence electrons. The molecule has 0 atom stereocenters. The van der Waals surface area contributed by atoms with Crippen LogP contribution in [0.15, 0.2) is 42.5 Å². The van der Waals surface area contributed by atoms with E-state index < -0.39 is 29.2 Å². The Kier molecular flexibility index (Phi) is 11.8. The van der Waals surface area contributed by atoms with E-state index in [1.54, 1.807) is 6.92 Å². The van der Waals surface area contributed by atoms with Crippen molar-refractivity contribution < 1.29 is 24.4 Å². The van der Waals surface area contributed by atoms with Crippen molar-refractivity contribution in [2.75, 3.05) is 0 Å². The molecule has 38 heavy (non-hydrogen) atoms. The molecule has 1 aromatic heterocycles. The fourth-order valence-corrected chi connectivity index (χ4v) is 4.07. The van der Waals surface area contributed by atoms with E-state index in [1.807, 2.05) is 31.2 Å². The monoisotopic (exact) mass is 563 g/mol. The largest absolute Gasteiger partial charge is 0.478 e. The van der Waals surface area contributed by atoms with Crippen molar-refractivity contribution in [2.45, 2.75) is 47.3 Å². The Morgan fingerprint density at radius 2 is 1.74 bits per heavy atom. The molecule has 2 aromatic carbocycles. The first kappa shape index (κ1) is 32.5. The minimum absolute atomic E-state index is 0. The fourth-order valence-electron chi connectivity index (χ4n) is 4.07. The number of aromatic carboxylic acids is 1. The van der Waals surface area contributed by atoms with Crippen LogP contribution in [0.5, 0.6) is 0 Å². The predicted molar refractivity (Wildman–Crippen MR) is 149 cm³/mol. The zero-order valence-corrected chi connectivity index (χ0v) is 23.1. The van der Waals surface area contributed by atoms with Crippen LogP contribution in [0.25, 0.3) is 11.1 Å². The maximum absolute atomic E-state index is 13.4. The Labute approximate surface area is 233 Å². The highest BCUT2D eigenvalue weighted by molar-refractivity contribution is 5.99. The number of halogens is 2. The number of esters is 1. The first-order valence-corrected chi connectivity index (χ1v) is 11.5. The Morgan fingerprint density at radius 1 is 1.11 bits per heavy atom. The topological polar surface area (TPSA) is 146 Å². The molecule has 0 fully saturated rings. The second kappa shape index (κ2) is 13.9. The van der Waals surface area contributed by atoms with Gasteiger partial charge in [0.05, 0.1) is 27.3 Å². The molecule has 9 nitrogen and oxygen atoms in total. The van der Waals surface area contributed by atoms with E-state index in [9.17, 15) is 19.7 Å². The molecular weight excluding hydrogens is 533 g/mol. The highest BCUT2D eigenvalue weighted by Gasteiger charge is 2.26. The molecule has 0 amide bonds. The zero-order valence-electron chi connectivity index (χ0n) is 21.5. The van der Waals surface area contributed by atoms with Crippen LogP contribution in [-0.2, 0) is 24.3 Å². The first-order chi connectivity index (χ1) is 17.0. The second-order valence-electron chi connectivity index (χ2n) is 9.02. The maximum atomic E-state index is 13.4. The number of rotatable bonds is 9. The van der Waals surface area contributed by atoms with Crippen molar-refractivity contribution in [1.29, 1.82) is 0 Å². The van der Waals surface area contributed by atoms with E-state index in [-0.39, 0.29) is 48.0 Å². The van der Waals surface area contributed by atoms with Crippen LogP contribution in [-0.4, -0.2) is 27.0 Å². The molecule has 0 aliphatic heterocycles. The number of nitrogens with zero attached hydrogens (tertiary/aromatic N) is 2. The van der Waals surface area contributed by atoms with Crippen LogP contribution < -0.4 is 5.73 Å². The molecule has 0 spiro atoms. The SMILES string of the molecule is Cc1ccc(-c2c(CN)c(CC(C)C)nc(C)c2C(=O)OCc2ccc(C(=O)O)cc2[N+](=O)[O-])cc1.Cl.Cl. The van der Waals surface area contributed by atoms with Crippen molar-refractivity contribution >= 4 is 42.4 Å². The molecule has 0 saturated heterocycles. The Balaban J connectivity index is 0.00000361. The van der Waals surface area contributed by atoms with Gasteiger partial charge in [-0.1, -0.05) is 43.7 Å². The number of hydrogen-bond acceptors (Lipinski definition) is 7. The van der Waals surface area contributed by atoms with Gasteiger partial charge in [-0.05, 0) is 49.4 Å². The summed E-state index contributed by atoms with van der Waals surface area (Å²) in [5.74, 6) is -1.67. The molecule has 1 heterocycles. The van der Waals surface area contributed by atoms with Gasteiger partial charge >= 0.3 is 11.9 Å². The number of carboxylic acid groups (broad SMARTS) is 1. The van der Waals surface area contributed by atoms with Gasteiger partial charge < -0.3 is 15.6 Å². The van der Waals surface area contributed by atoms with Crippen LogP contribution in [0.4, 0.5) is 5.69 Å². The molecule has 11 heteroatoms. The van der Waals surface area contributed by atoms with Gasteiger partial charge in [-0.25, -0.2) is 9.59 Å². The second-order valence-corrected chi connectivity index (χ2v) is 9.02. The van der Waals surface area contributed by atoms with Gasteiger partial charge in [-0.2, -0.15) is 0 Å². The van der Waals surface area contributed by atoms with Crippen molar-refractivity contribution in [2.24, 2.45) is 11.7 Å². The van der Waals surface area contributed by atoms with Crippen LogP contribution >= 0.6 is 24.8 Å². The fraction of sp³-hybridized carbons (Fsp3) is 0.296. The molecule has 0 saturated carbocycles.